The third kappa shape index (κ3) is 5.25. The molecule has 1 aliphatic rings. The molecule has 1 saturated heterocycles. The number of rotatable bonds is 6. The van der Waals surface area contributed by atoms with Gasteiger partial charge in [0, 0.05) is 6.61 Å². The molecule has 6 heteroatoms. The minimum Gasteiger partial charge on any atom is -0.481 e. The third-order valence-electron chi connectivity index (χ3n) is 4.08. The van der Waals surface area contributed by atoms with Crippen molar-refractivity contribution in [3.63, 3.8) is 0 Å². The molecule has 1 amide bonds. The van der Waals surface area contributed by atoms with Gasteiger partial charge in [0.15, 0.2) is 0 Å². The van der Waals surface area contributed by atoms with Crippen molar-refractivity contribution in [1.29, 1.82) is 0 Å². The highest BCUT2D eigenvalue weighted by atomic mass is 16.5. The summed E-state index contributed by atoms with van der Waals surface area (Å²) in [5, 5.41) is 12.0. The van der Waals surface area contributed by atoms with Crippen LogP contribution in [0, 0.1) is 0 Å². The quantitative estimate of drug-likeness (QED) is 0.841. The van der Waals surface area contributed by atoms with Gasteiger partial charge in [0.25, 0.3) is 0 Å². The lowest BCUT2D eigenvalue weighted by molar-refractivity contribution is -0.140. The molecule has 2 unspecified atom stereocenters. The van der Waals surface area contributed by atoms with E-state index in [-0.39, 0.29) is 19.1 Å². The molecule has 0 radical (unpaired) electrons. The van der Waals surface area contributed by atoms with Gasteiger partial charge in [0.2, 0.25) is 0 Å². The van der Waals surface area contributed by atoms with Gasteiger partial charge in [0.1, 0.15) is 6.61 Å². The molecule has 1 aliphatic heterocycles. The van der Waals surface area contributed by atoms with Gasteiger partial charge in [-0.2, -0.15) is 0 Å². The fraction of sp³-hybridized carbons (Fsp3) is 0.529. The van der Waals surface area contributed by atoms with E-state index < -0.39 is 17.6 Å². The number of amides is 1. The lowest BCUT2D eigenvalue weighted by Gasteiger charge is -2.40. The maximum absolute atomic E-state index is 12.1. The van der Waals surface area contributed by atoms with E-state index >= 15 is 0 Å². The molecule has 0 aromatic heterocycles. The van der Waals surface area contributed by atoms with Crippen LogP contribution in [0.4, 0.5) is 4.79 Å². The Balaban J connectivity index is 1.96. The average Bonchev–Trinajstić information content (AvgIpc) is 2.53. The summed E-state index contributed by atoms with van der Waals surface area (Å²) in [6.07, 6.45) is 0.964. The number of carbonyl (C=O) groups excluding carboxylic acids is 1. The number of hydrogen-bond acceptors (Lipinski definition) is 4. The first-order chi connectivity index (χ1) is 11.0. The van der Waals surface area contributed by atoms with E-state index in [9.17, 15) is 14.7 Å². The molecule has 0 spiro atoms. The molecule has 1 aromatic rings. The normalized spacial score (nSPS) is 24.0. The van der Waals surface area contributed by atoms with E-state index in [0.717, 1.165) is 12.0 Å². The minimum atomic E-state index is -0.940. The van der Waals surface area contributed by atoms with Gasteiger partial charge < -0.3 is 19.9 Å². The molecule has 2 rings (SSSR count). The second kappa shape index (κ2) is 7.97. The van der Waals surface area contributed by atoms with Crippen LogP contribution in [0.25, 0.3) is 0 Å². The molecule has 0 aliphatic carbocycles. The Morgan fingerprint density at radius 3 is 2.78 bits per heavy atom. The maximum Gasteiger partial charge on any atom is 0.407 e. The molecule has 2 atom stereocenters. The summed E-state index contributed by atoms with van der Waals surface area (Å²) in [5.41, 5.74) is 0.0757. The van der Waals surface area contributed by atoms with Crippen molar-refractivity contribution in [2.45, 2.75) is 50.9 Å². The van der Waals surface area contributed by atoms with Gasteiger partial charge in [-0.3, -0.25) is 4.79 Å². The molecule has 1 fully saturated rings. The monoisotopic (exact) mass is 321 g/mol. The molecular weight excluding hydrogens is 298 g/mol. The van der Waals surface area contributed by atoms with Crippen molar-refractivity contribution < 1.29 is 24.2 Å². The zero-order chi connectivity index (χ0) is 16.7. The number of ether oxygens (including phenoxy) is 2. The van der Waals surface area contributed by atoms with Gasteiger partial charge in [-0.1, -0.05) is 37.3 Å². The van der Waals surface area contributed by atoms with Crippen molar-refractivity contribution in [3.05, 3.63) is 35.9 Å². The number of alkyl carbamates (subject to hydrolysis) is 1. The molecule has 0 saturated carbocycles. The molecule has 6 nitrogen and oxygen atoms in total. The van der Waals surface area contributed by atoms with Gasteiger partial charge in [-0.25, -0.2) is 4.79 Å². The van der Waals surface area contributed by atoms with Crippen LogP contribution in [0.1, 0.15) is 38.2 Å². The number of nitrogens with one attached hydrogen (secondary N) is 1. The van der Waals surface area contributed by atoms with E-state index in [1.54, 1.807) is 0 Å². The van der Waals surface area contributed by atoms with Crippen LogP contribution < -0.4 is 5.32 Å². The number of carbonyl (C=O) groups is 2. The van der Waals surface area contributed by atoms with Crippen molar-refractivity contribution >= 4 is 12.1 Å². The summed E-state index contributed by atoms with van der Waals surface area (Å²) in [4.78, 5) is 23.3. The van der Waals surface area contributed by atoms with Gasteiger partial charge in [0.05, 0.1) is 18.1 Å². The Kier molecular flexibility index (Phi) is 5.98. The first-order valence-corrected chi connectivity index (χ1v) is 7.85. The number of benzene rings is 1. The number of carboxylic acid groups (broad SMARTS) is 1. The average molecular weight is 321 g/mol. The Bertz CT molecular complexity index is 533. The van der Waals surface area contributed by atoms with Crippen LogP contribution in [0.2, 0.25) is 0 Å². The Morgan fingerprint density at radius 1 is 1.39 bits per heavy atom. The maximum atomic E-state index is 12.1. The highest BCUT2D eigenvalue weighted by Crippen LogP contribution is 2.29. The van der Waals surface area contributed by atoms with E-state index in [4.69, 9.17) is 9.47 Å². The van der Waals surface area contributed by atoms with Crippen molar-refractivity contribution in [2.75, 3.05) is 6.61 Å². The van der Waals surface area contributed by atoms with E-state index in [1.807, 2.05) is 37.3 Å². The summed E-state index contributed by atoms with van der Waals surface area (Å²) in [6, 6.07) is 9.35. The Hall–Kier alpha value is -2.08. The standard InChI is InChI=1S/C17H23NO5/c1-2-14-10-17(8-9-22-14,11-15(19)20)18-16(21)23-12-13-6-4-3-5-7-13/h3-7,14H,2,8-12H2,1H3,(H,18,21)(H,19,20). The number of hydrogen-bond donors (Lipinski definition) is 2. The summed E-state index contributed by atoms with van der Waals surface area (Å²) in [7, 11) is 0. The lowest BCUT2D eigenvalue weighted by Crippen LogP contribution is -2.55. The van der Waals surface area contributed by atoms with Gasteiger partial charge >= 0.3 is 12.1 Å². The Morgan fingerprint density at radius 2 is 2.13 bits per heavy atom. The van der Waals surface area contributed by atoms with Crippen molar-refractivity contribution in [3.8, 4) is 0 Å². The van der Waals surface area contributed by atoms with Crippen molar-refractivity contribution in [2.24, 2.45) is 0 Å². The fourth-order valence-electron chi connectivity index (χ4n) is 2.86. The van der Waals surface area contributed by atoms with E-state index in [2.05, 4.69) is 5.32 Å². The molecular formula is C17H23NO5. The first kappa shape index (κ1) is 17.3. The summed E-state index contributed by atoms with van der Waals surface area (Å²) >= 11 is 0. The van der Waals surface area contributed by atoms with E-state index in [1.165, 1.54) is 0 Å². The second-order valence-corrected chi connectivity index (χ2v) is 5.89. The topological polar surface area (TPSA) is 84.9 Å². The van der Waals surface area contributed by atoms with Crippen LogP contribution in [0.3, 0.4) is 0 Å². The predicted octanol–water partition coefficient (Wildman–Crippen LogP) is 2.72. The van der Waals surface area contributed by atoms with Crippen LogP contribution in [0.5, 0.6) is 0 Å². The first-order valence-electron chi connectivity index (χ1n) is 7.85. The van der Waals surface area contributed by atoms with Gasteiger partial charge in [-0.15, -0.1) is 0 Å². The highest BCUT2D eigenvalue weighted by Gasteiger charge is 2.40. The third-order valence-corrected chi connectivity index (χ3v) is 4.08. The molecule has 1 heterocycles. The van der Waals surface area contributed by atoms with Crippen LogP contribution in [-0.4, -0.2) is 35.4 Å². The molecule has 0 bridgehead atoms. The summed E-state index contributed by atoms with van der Waals surface area (Å²) in [6.45, 7) is 2.57. The van der Waals surface area contributed by atoms with Gasteiger partial charge in [-0.05, 0) is 24.8 Å². The van der Waals surface area contributed by atoms with Crippen LogP contribution in [0.15, 0.2) is 30.3 Å². The van der Waals surface area contributed by atoms with E-state index in [0.29, 0.717) is 19.4 Å². The molecule has 126 valence electrons. The molecule has 23 heavy (non-hydrogen) atoms. The minimum absolute atomic E-state index is 0.0440. The fourth-order valence-corrected chi connectivity index (χ4v) is 2.86. The lowest BCUT2D eigenvalue weighted by atomic mass is 9.83. The molecule has 1 aromatic carbocycles. The van der Waals surface area contributed by atoms with Crippen LogP contribution >= 0.6 is 0 Å². The Labute approximate surface area is 135 Å². The SMILES string of the molecule is CCC1CC(CC(=O)O)(NC(=O)OCc2ccccc2)CCO1. The van der Waals surface area contributed by atoms with Crippen LogP contribution in [-0.2, 0) is 20.9 Å². The zero-order valence-electron chi connectivity index (χ0n) is 13.3. The number of aliphatic carboxylic acids is 1. The summed E-state index contributed by atoms with van der Waals surface area (Å²) in [5.74, 6) is -0.940. The second-order valence-electron chi connectivity index (χ2n) is 5.89. The smallest absolute Gasteiger partial charge is 0.407 e. The van der Waals surface area contributed by atoms with Crippen molar-refractivity contribution in [1.82, 2.24) is 5.32 Å². The largest absolute Gasteiger partial charge is 0.481 e. The zero-order valence-corrected chi connectivity index (χ0v) is 13.3. The molecule has 2 N–H and O–H groups in total. The summed E-state index contributed by atoms with van der Waals surface area (Å²) < 4.78 is 10.8. The highest BCUT2D eigenvalue weighted by molar-refractivity contribution is 5.72. The predicted molar refractivity (Wildman–Crippen MR) is 84.0 cm³/mol. The number of carboxylic acids is 1.